The molecule has 0 aliphatic heterocycles. The first-order valence-corrected chi connectivity index (χ1v) is 3.99. The van der Waals surface area contributed by atoms with Gasteiger partial charge in [0.25, 0.3) is 5.56 Å². The molecule has 0 unspecified atom stereocenters. The topological polar surface area (TPSA) is 73.0 Å². The molecule has 4 nitrogen and oxygen atoms in total. The highest BCUT2D eigenvalue weighted by atomic mass is 19.4. The molecule has 7 heteroatoms. The Morgan fingerprint density at radius 1 is 1.44 bits per heavy atom. The number of halogens is 3. The van der Waals surface area contributed by atoms with Crippen molar-refractivity contribution >= 4 is 12.0 Å². The molecule has 0 radical (unpaired) electrons. The molecule has 0 amide bonds. The highest BCUT2D eigenvalue weighted by Crippen LogP contribution is 2.28. The minimum Gasteiger partial charge on any atom is -0.545 e. The summed E-state index contributed by atoms with van der Waals surface area (Å²) < 4.78 is 36.7. The molecule has 86 valence electrons. The smallest absolute Gasteiger partial charge is 0.417 e. The zero-order valence-electron chi connectivity index (χ0n) is 7.67. The van der Waals surface area contributed by atoms with Crippen LogP contribution >= 0.6 is 0 Å². The molecule has 0 spiro atoms. The third-order valence-corrected chi connectivity index (χ3v) is 1.66. The molecular weight excluding hydrogens is 227 g/mol. The summed E-state index contributed by atoms with van der Waals surface area (Å²) in [6.45, 7) is 0. The van der Waals surface area contributed by atoms with E-state index in [1.807, 2.05) is 4.98 Å². The zero-order valence-corrected chi connectivity index (χ0v) is 7.67. The van der Waals surface area contributed by atoms with E-state index in [0.29, 0.717) is 18.3 Å². The van der Waals surface area contributed by atoms with Crippen LogP contribution in [0.15, 0.2) is 23.1 Å². The molecule has 1 rings (SSSR count). The van der Waals surface area contributed by atoms with Crippen molar-refractivity contribution in [2.75, 3.05) is 0 Å². The van der Waals surface area contributed by atoms with Crippen molar-refractivity contribution < 1.29 is 23.1 Å². The number of nitrogens with one attached hydrogen (secondary N) is 1. The summed E-state index contributed by atoms with van der Waals surface area (Å²) >= 11 is 0. The van der Waals surface area contributed by atoms with Gasteiger partial charge in [0.05, 0.1) is 11.5 Å². The van der Waals surface area contributed by atoms with Crippen LogP contribution < -0.4 is 10.7 Å². The third kappa shape index (κ3) is 2.97. The van der Waals surface area contributed by atoms with Crippen molar-refractivity contribution in [2.24, 2.45) is 0 Å². The van der Waals surface area contributed by atoms with Crippen LogP contribution in [0.5, 0.6) is 0 Å². The van der Waals surface area contributed by atoms with Crippen molar-refractivity contribution in [2.45, 2.75) is 6.18 Å². The number of aromatic amines is 1. The van der Waals surface area contributed by atoms with Crippen molar-refractivity contribution in [3.05, 3.63) is 39.8 Å². The van der Waals surface area contributed by atoms with E-state index in [4.69, 9.17) is 0 Å². The Bertz CT molecular complexity index is 488. The molecule has 0 aliphatic carbocycles. The van der Waals surface area contributed by atoms with E-state index in [-0.39, 0.29) is 0 Å². The van der Waals surface area contributed by atoms with E-state index in [2.05, 4.69) is 0 Å². The Hall–Kier alpha value is -2.05. The first-order valence-electron chi connectivity index (χ1n) is 3.99. The lowest BCUT2D eigenvalue weighted by Crippen LogP contribution is -2.19. The number of alkyl halides is 3. The maximum atomic E-state index is 12.2. The van der Waals surface area contributed by atoms with E-state index < -0.39 is 28.8 Å². The number of carboxylic acids is 1. The van der Waals surface area contributed by atoms with E-state index in [1.54, 1.807) is 0 Å². The van der Waals surface area contributed by atoms with Gasteiger partial charge in [-0.1, -0.05) is 0 Å². The first-order chi connectivity index (χ1) is 7.30. The van der Waals surface area contributed by atoms with E-state index in [1.165, 1.54) is 0 Å². The summed E-state index contributed by atoms with van der Waals surface area (Å²) in [7, 11) is 0. The Kier molecular flexibility index (Phi) is 3.17. The monoisotopic (exact) mass is 232 g/mol. The standard InChI is InChI=1S/C9H6F3NO3/c10-9(11,12)6-3-5(1-2-7(14)15)8(16)13-4-6/h1-4H,(H,13,16)(H,14,15)/p-1/b2-1+. The number of hydrogen-bond acceptors (Lipinski definition) is 3. The summed E-state index contributed by atoms with van der Waals surface area (Å²) in [5.74, 6) is -1.60. The maximum Gasteiger partial charge on any atom is 0.417 e. The Morgan fingerprint density at radius 2 is 2.06 bits per heavy atom. The summed E-state index contributed by atoms with van der Waals surface area (Å²) in [6.07, 6.45) is -2.87. The molecule has 1 heterocycles. The Balaban J connectivity index is 3.20. The molecule has 0 saturated heterocycles. The van der Waals surface area contributed by atoms with Crippen LogP contribution in [-0.4, -0.2) is 11.0 Å². The molecule has 0 aliphatic rings. The molecule has 1 N–H and O–H groups in total. The molecule has 0 bridgehead atoms. The average molecular weight is 232 g/mol. The number of carboxylic acid groups (broad SMARTS) is 1. The van der Waals surface area contributed by atoms with Crippen LogP contribution in [0.1, 0.15) is 11.1 Å². The van der Waals surface area contributed by atoms with Gasteiger partial charge in [0.1, 0.15) is 0 Å². The number of rotatable bonds is 2. The van der Waals surface area contributed by atoms with Gasteiger partial charge in [-0.05, 0) is 18.2 Å². The number of carbonyl (C=O) groups excluding carboxylic acids is 1. The zero-order chi connectivity index (χ0) is 12.3. The second-order valence-electron chi connectivity index (χ2n) is 2.82. The SMILES string of the molecule is O=C([O-])/C=C/c1cc(C(F)(F)F)c[nH]c1=O. The van der Waals surface area contributed by atoms with Crippen molar-refractivity contribution in [1.29, 1.82) is 0 Å². The Labute approximate surface area is 87.0 Å². The van der Waals surface area contributed by atoms with Crippen LogP contribution in [0.3, 0.4) is 0 Å². The number of carbonyl (C=O) groups is 1. The van der Waals surface area contributed by atoms with Crippen LogP contribution in [0.25, 0.3) is 6.08 Å². The fraction of sp³-hybridized carbons (Fsp3) is 0.111. The summed E-state index contributed by atoms with van der Waals surface area (Å²) in [5.41, 5.74) is -2.28. The summed E-state index contributed by atoms with van der Waals surface area (Å²) in [5, 5.41) is 10.0. The number of aromatic nitrogens is 1. The number of pyridine rings is 1. The van der Waals surface area contributed by atoms with E-state index in [9.17, 15) is 27.9 Å². The second kappa shape index (κ2) is 4.21. The maximum absolute atomic E-state index is 12.2. The summed E-state index contributed by atoms with van der Waals surface area (Å²) in [6, 6.07) is 0.554. The number of H-pyrrole nitrogens is 1. The van der Waals surface area contributed by atoms with Crippen LogP contribution in [-0.2, 0) is 11.0 Å². The lowest BCUT2D eigenvalue weighted by Gasteiger charge is -2.06. The van der Waals surface area contributed by atoms with Gasteiger partial charge in [0.15, 0.2) is 0 Å². The van der Waals surface area contributed by atoms with Crippen LogP contribution in [0.2, 0.25) is 0 Å². The van der Waals surface area contributed by atoms with Crippen molar-refractivity contribution in [1.82, 2.24) is 4.98 Å². The van der Waals surface area contributed by atoms with Gasteiger partial charge in [-0.25, -0.2) is 0 Å². The quantitative estimate of drug-likeness (QED) is 0.738. The second-order valence-corrected chi connectivity index (χ2v) is 2.82. The third-order valence-electron chi connectivity index (χ3n) is 1.66. The number of hydrogen-bond donors (Lipinski definition) is 1. The molecule has 0 atom stereocenters. The minimum absolute atomic E-state index is 0.404. The highest BCUT2D eigenvalue weighted by molar-refractivity contribution is 5.83. The van der Waals surface area contributed by atoms with Crippen LogP contribution in [0.4, 0.5) is 13.2 Å². The number of aliphatic carboxylic acids is 1. The van der Waals surface area contributed by atoms with E-state index in [0.717, 1.165) is 6.08 Å². The van der Waals surface area contributed by atoms with Crippen molar-refractivity contribution in [3.8, 4) is 0 Å². The molecule has 0 saturated carbocycles. The molecule has 1 aromatic heterocycles. The molecule has 1 aromatic rings. The fourth-order valence-electron chi connectivity index (χ4n) is 0.947. The lowest BCUT2D eigenvalue weighted by atomic mass is 10.2. The van der Waals surface area contributed by atoms with Gasteiger partial charge in [-0.2, -0.15) is 13.2 Å². The highest BCUT2D eigenvalue weighted by Gasteiger charge is 2.31. The largest absolute Gasteiger partial charge is 0.545 e. The predicted molar refractivity (Wildman–Crippen MR) is 46.1 cm³/mol. The van der Waals surface area contributed by atoms with Gasteiger partial charge in [-0.3, -0.25) is 4.79 Å². The first kappa shape index (κ1) is 12.0. The predicted octanol–water partition coefficient (Wildman–Crippen LogP) is 0.157. The molecular formula is C9H5F3NO3-. The van der Waals surface area contributed by atoms with Gasteiger partial charge >= 0.3 is 6.18 Å². The van der Waals surface area contributed by atoms with Gasteiger partial charge in [0, 0.05) is 11.8 Å². The lowest BCUT2D eigenvalue weighted by molar-refractivity contribution is -0.297. The van der Waals surface area contributed by atoms with Gasteiger partial charge in [0.2, 0.25) is 0 Å². The summed E-state index contributed by atoms with van der Waals surface area (Å²) in [4.78, 5) is 22.9. The minimum atomic E-state index is -4.60. The molecule has 0 fully saturated rings. The molecule has 0 aromatic carbocycles. The van der Waals surface area contributed by atoms with Gasteiger partial charge in [-0.15, -0.1) is 0 Å². The van der Waals surface area contributed by atoms with E-state index >= 15 is 0 Å². The van der Waals surface area contributed by atoms with Crippen LogP contribution in [0, 0.1) is 0 Å². The molecule has 16 heavy (non-hydrogen) atoms. The van der Waals surface area contributed by atoms with Gasteiger partial charge < -0.3 is 14.9 Å². The normalized spacial score (nSPS) is 11.9. The Morgan fingerprint density at radius 3 is 2.56 bits per heavy atom. The average Bonchev–Trinajstić information content (AvgIpc) is 2.14. The fourth-order valence-corrected chi connectivity index (χ4v) is 0.947. The van der Waals surface area contributed by atoms with Crippen molar-refractivity contribution in [3.63, 3.8) is 0 Å².